The zero-order chi connectivity index (χ0) is 18.7. The van der Waals surface area contributed by atoms with Crippen LogP contribution in [0.2, 0.25) is 0 Å². The first-order valence-electron chi connectivity index (χ1n) is 7.96. The lowest BCUT2D eigenvalue weighted by Gasteiger charge is -2.35. The summed E-state index contributed by atoms with van der Waals surface area (Å²) in [4.78, 5) is 10.2. The molecule has 1 saturated heterocycles. The molecule has 1 heterocycles. The van der Waals surface area contributed by atoms with E-state index in [4.69, 9.17) is 0 Å². The molecular formula is C16H21F3N2O3S. The van der Waals surface area contributed by atoms with Crippen LogP contribution >= 0.6 is 0 Å². The zero-order valence-electron chi connectivity index (χ0n) is 13.8. The van der Waals surface area contributed by atoms with E-state index >= 15 is 0 Å². The van der Waals surface area contributed by atoms with Gasteiger partial charge in [-0.1, -0.05) is 12.1 Å². The maximum atomic E-state index is 12.7. The van der Waals surface area contributed by atoms with Crippen LogP contribution < -0.4 is 5.32 Å². The largest absolute Gasteiger partial charge is 0.416 e. The van der Waals surface area contributed by atoms with Gasteiger partial charge in [-0.2, -0.15) is 17.5 Å². The third-order valence-electron chi connectivity index (χ3n) is 4.55. The first kappa shape index (κ1) is 19.7. The van der Waals surface area contributed by atoms with Crippen LogP contribution in [0.15, 0.2) is 24.3 Å². The van der Waals surface area contributed by atoms with Crippen LogP contribution in [0.5, 0.6) is 0 Å². The fourth-order valence-electron chi connectivity index (χ4n) is 3.22. The number of alkyl halides is 3. The number of hydrogen-bond donors (Lipinski definition) is 1. The minimum absolute atomic E-state index is 0.121. The molecule has 0 saturated carbocycles. The van der Waals surface area contributed by atoms with E-state index in [1.165, 1.54) is 16.4 Å². The molecule has 25 heavy (non-hydrogen) atoms. The molecule has 1 N–H and O–H groups in total. The van der Waals surface area contributed by atoms with Crippen molar-refractivity contribution in [3.8, 4) is 0 Å². The molecule has 1 aromatic carbocycles. The highest BCUT2D eigenvalue weighted by atomic mass is 32.2. The van der Waals surface area contributed by atoms with Gasteiger partial charge in [0.1, 0.15) is 0 Å². The zero-order valence-corrected chi connectivity index (χ0v) is 14.7. The maximum absolute atomic E-state index is 12.7. The number of hydrogen-bond acceptors (Lipinski definition) is 3. The summed E-state index contributed by atoms with van der Waals surface area (Å²) in [6.45, 7) is 2.33. The Bertz CT molecular complexity index is 704. The second kappa shape index (κ2) is 7.33. The number of amides is 1. The third-order valence-corrected chi connectivity index (χ3v) is 6.61. The van der Waals surface area contributed by atoms with Gasteiger partial charge in [0.15, 0.2) is 0 Å². The highest BCUT2D eigenvalue weighted by Crippen LogP contribution is 2.41. The number of carbonyl (C=O) groups excluding carboxylic acids is 1. The van der Waals surface area contributed by atoms with E-state index in [0.717, 1.165) is 12.1 Å². The van der Waals surface area contributed by atoms with Gasteiger partial charge < -0.3 is 5.32 Å². The Balaban J connectivity index is 2.22. The molecule has 1 amide bonds. The van der Waals surface area contributed by atoms with Gasteiger partial charge in [-0.25, -0.2) is 8.42 Å². The predicted octanol–water partition coefficient (Wildman–Crippen LogP) is 2.48. The Kier molecular flexibility index (Phi) is 5.78. The highest BCUT2D eigenvalue weighted by Gasteiger charge is 2.44. The van der Waals surface area contributed by atoms with Gasteiger partial charge in [-0.05, 0) is 43.9 Å². The molecule has 5 nitrogen and oxygen atoms in total. The highest BCUT2D eigenvalue weighted by molar-refractivity contribution is 7.89. The molecule has 0 spiro atoms. The van der Waals surface area contributed by atoms with Crippen molar-refractivity contribution in [3.63, 3.8) is 0 Å². The molecule has 1 aliphatic rings. The minimum atomic E-state index is -4.42. The normalized spacial score (nSPS) is 22.1. The van der Waals surface area contributed by atoms with E-state index in [1.807, 2.05) is 0 Å². The van der Waals surface area contributed by atoms with Crippen LogP contribution in [0, 0.1) is 0 Å². The lowest BCUT2D eigenvalue weighted by Crippen LogP contribution is -2.44. The van der Waals surface area contributed by atoms with E-state index in [-0.39, 0.29) is 18.7 Å². The Morgan fingerprint density at radius 1 is 1.28 bits per heavy atom. The lowest BCUT2D eigenvalue weighted by molar-refractivity contribution is -0.137. The van der Waals surface area contributed by atoms with E-state index in [1.54, 1.807) is 6.92 Å². The molecule has 0 bridgehead atoms. The van der Waals surface area contributed by atoms with Gasteiger partial charge in [0.25, 0.3) is 0 Å². The van der Waals surface area contributed by atoms with Crippen molar-refractivity contribution in [1.29, 1.82) is 0 Å². The molecule has 140 valence electrons. The van der Waals surface area contributed by atoms with Crippen LogP contribution in [0.25, 0.3) is 0 Å². The molecule has 1 unspecified atom stereocenters. The molecule has 1 aromatic rings. The van der Waals surface area contributed by atoms with Gasteiger partial charge in [0, 0.05) is 13.1 Å². The summed E-state index contributed by atoms with van der Waals surface area (Å²) in [7, 11) is -3.58. The van der Waals surface area contributed by atoms with Gasteiger partial charge in [0.2, 0.25) is 16.4 Å². The van der Waals surface area contributed by atoms with Crippen LogP contribution in [0.1, 0.15) is 37.3 Å². The van der Waals surface area contributed by atoms with Gasteiger partial charge in [-0.3, -0.25) is 4.79 Å². The Morgan fingerprint density at radius 3 is 2.48 bits per heavy atom. The Morgan fingerprint density at radius 2 is 1.92 bits per heavy atom. The topological polar surface area (TPSA) is 66.5 Å². The number of carbonyl (C=O) groups is 1. The summed E-state index contributed by atoms with van der Waals surface area (Å²) in [5, 5.41) is 2.41. The molecule has 1 aliphatic heterocycles. The molecule has 1 atom stereocenters. The van der Waals surface area contributed by atoms with Crippen molar-refractivity contribution in [2.75, 3.05) is 18.8 Å². The van der Waals surface area contributed by atoms with Crippen LogP contribution in [0.3, 0.4) is 0 Å². The van der Waals surface area contributed by atoms with Crippen LogP contribution in [-0.4, -0.2) is 38.0 Å². The SMILES string of the molecule is CC1(c2ccc(C(F)(F)F)cc2)CCCN1S(=O)(=O)CCCNC=O. The second-order valence-corrected chi connectivity index (χ2v) is 8.28. The number of rotatable bonds is 7. The maximum Gasteiger partial charge on any atom is 0.416 e. The molecule has 1 fully saturated rings. The molecule has 0 aromatic heterocycles. The van der Waals surface area contributed by atoms with Crippen molar-refractivity contribution in [1.82, 2.24) is 9.62 Å². The number of benzene rings is 1. The third kappa shape index (κ3) is 4.33. The fourth-order valence-corrected chi connectivity index (χ4v) is 5.16. The predicted molar refractivity (Wildman–Crippen MR) is 87.2 cm³/mol. The van der Waals surface area contributed by atoms with Crippen molar-refractivity contribution in [2.45, 2.75) is 37.9 Å². The molecule has 0 aliphatic carbocycles. The van der Waals surface area contributed by atoms with Crippen LogP contribution in [-0.2, 0) is 26.5 Å². The summed E-state index contributed by atoms with van der Waals surface area (Å²) < 4.78 is 64.8. The van der Waals surface area contributed by atoms with Gasteiger partial charge in [-0.15, -0.1) is 0 Å². The van der Waals surface area contributed by atoms with Gasteiger partial charge >= 0.3 is 6.18 Å². The summed E-state index contributed by atoms with van der Waals surface area (Å²) in [6.07, 6.45) is -2.45. The molecular weight excluding hydrogens is 357 g/mol. The lowest BCUT2D eigenvalue weighted by atomic mass is 9.90. The van der Waals surface area contributed by atoms with Crippen molar-refractivity contribution in [3.05, 3.63) is 35.4 Å². The number of nitrogens with one attached hydrogen (secondary N) is 1. The standard InChI is InChI=1S/C16H21F3N2O3S/c1-15(13-4-6-14(7-5-13)16(17,18)19)8-2-10-21(15)25(23,24)11-3-9-20-12-22/h4-7,12H,2-3,8-11H2,1H3,(H,20,22). The first-order chi connectivity index (χ1) is 11.6. The molecule has 9 heteroatoms. The average molecular weight is 378 g/mol. The smallest absolute Gasteiger partial charge is 0.359 e. The van der Waals surface area contributed by atoms with Crippen molar-refractivity contribution >= 4 is 16.4 Å². The number of sulfonamides is 1. The minimum Gasteiger partial charge on any atom is -0.359 e. The molecule has 2 rings (SSSR count). The van der Waals surface area contributed by atoms with Crippen molar-refractivity contribution in [2.24, 2.45) is 0 Å². The van der Waals surface area contributed by atoms with E-state index in [9.17, 15) is 26.4 Å². The second-order valence-electron chi connectivity index (χ2n) is 6.27. The number of halogens is 3. The van der Waals surface area contributed by atoms with Gasteiger partial charge in [0.05, 0.1) is 16.9 Å². The van der Waals surface area contributed by atoms with Crippen LogP contribution in [0.4, 0.5) is 13.2 Å². The Labute approximate surface area is 145 Å². The van der Waals surface area contributed by atoms with E-state index in [0.29, 0.717) is 31.4 Å². The van der Waals surface area contributed by atoms with E-state index < -0.39 is 27.3 Å². The monoisotopic (exact) mass is 378 g/mol. The summed E-state index contributed by atoms with van der Waals surface area (Å²) in [5.41, 5.74) is -1.07. The Hall–Kier alpha value is -1.61. The van der Waals surface area contributed by atoms with Crippen molar-refractivity contribution < 1.29 is 26.4 Å². The quantitative estimate of drug-likeness (QED) is 0.586. The summed E-state index contributed by atoms with van der Waals surface area (Å²) >= 11 is 0. The average Bonchev–Trinajstić information content (AvgIpc) is 2.95. The summed E-state index contributed by atoms with van der Waals surface area (Å²) in [5.74, 6) is -0.121. The molecule has 0 radical (unpaired) electrons. The first-order valence-corrected chi connectivity index (χ1v) is 9.57. The fraction of sp³-hybridized carbons (Fsp3) is 0.562. The van der Waals surface area contributed by atoms with E-state index in [2.05, 4.69) is 5.32 Å². The number of nitrogens with zero attached hydrogens (tertiary/aromatic N) is 1. The summed E-state index contributed by atoms with van der Waals surface area (Å²) in [6, 6.07) is 4.67.